The molecule has 0 saturated carbocycles. The molecule has 0 spiro atoms. The Morgan fingerprint density at radius 2 is 1.57 bits per heavy atom. The lowest BCUT2D eigenvalue weighted by Gasteiger charge is -2.26. The van der Waals surface area contributed by atoms with Crippen molar-refractivity contribution in [2.24, 2.45) is 5.73 Å². The number of benzene rings is 2. The van der Waals surface area contributed by atoms with Gasteiger partial charge in [0.05, 0.1) is 5.56 Å². The zero-order valence-electron chi connectivity index (χ0n) is 22.7. The molecule has 2 aromatic rings. The average Bonchev–Trinajstić information content (AvgIpc) is 2.84. The number of aryl methyl sites for hydroxylation is 1. The first kappa shape index (κ1) is 30.4. The van der Waals surface area contributed by atoms with E-state index in [1.54, 1.807) is 23.1 Å². The van der Waals surface area contributed by atoms with Gasteiger partial charge < -0.3 is 20.7 Å². The molecule has 3 N–H and O–H groups in total. The number of nitrogens with one attached hydrogen (secondary N) is 1. The van der Waals surface area contributed by atoms with Crippen LogP contribution in [-0.4, -0.2) is 54.6 Å². The summed E-state index contributed by atoms with van der Waals surface area (Å²) >= 11 is 0. The Hall–Kier alpha value is -2.84. The predicted octanol–water partition coefficient (Wildman–Crippen LogP) is 5.02. The smallest absolute Gasteiger partial charge is 0.338 e. The molecule has 0 aliphatic carbocycles. The minimum Gasteiger partial charge on any atom is -0.456 e. The Kier molecular flexibility index (Phi) is 12.1. The van der Waals surface area contributed by atoms with E-state index in [4.69, 9.17) is 10.5 Å². The zero-order valence-corrected chi connectivity index (χ0v) is 22.7. The number of nitrogens with two attached hydrogens (primary N) is 1. The van der Waals surface area contributed by atoms with Crippen LogP contribution in [0.5, 0.6) is 0 Å². The maximum atomic E-state index is 13.7. The summed E-state index contributed by atoms with van der Waals surface area (Å²) in [7, 11) is 0. The number of carbonyl (C=O) groups excluding carboxylic acids is 2. The minimum absolute atomic E-state index is 0.120. The molecule has 0 aromatic heterocycles. The number of nitrogens with zero attached hydrogens (tertiary/aromatic N) is 1. The fraction of sp³-hybridized carbons (Fsp3) is 0.517. The molecule has 0 heterocycles. The Balaban J connectivity index is 2.27. The third-order valence-electron chi connectivity index (χ3n) is 6.24. The van der Waals surface area contributed by atoms with Crippen molar-refractivity contribution in [3.05, 3.63) is 70.3 Å². The van der Waals surface area contributed by atoms with Crippen LogP contribution < -0.4 is 11.1 Å². The van der Waals surface area contributed by atoms with E-state index in [2.05, 4.69) is 5.32 Å². The summed E-state index contributed by atoms with van der Waals surface area (Å²) in [5.74, 6) is -2.11. The molecule has 1 amide bonds. The third kappa shape index (κ3) is 9.52. The van der Waals surface area contributed by atoms with Crippen LogP contribution in [-0.2, 0) is 11.2 Å². The molecular formula is C29H41F2N3O3. The molecule has 6 nitrogen and oxygen atoms in total. The van der Waals surface area contributed by atoms with Gasteiger partial charge in [-0.2, -0.15) is 0 Å². The highest BCUT2D eigenvalue weighted by molar-refractivity contribution is 5.98. The highest BCUT2D eigenvalue weighted by Gasteiger charge is 2.25. The van der Waals surface area contributed by atoms with Gasteiger partial charge in [-0.05, 0) is 81.0 Å². The number of hydrogen-bond acceptors (Lipinski definition) is 5. The van der Waals surface area contributed by atoms with Crippen LogP contribution in [0.1, 0.15) is 78.8 Å². The summed E-state index contributed by atoms with van der Waals surface area (Å²) < 4.78 is 33.2. The predicted molar refractivity (Wildman–Crippen MR) is 143 cm³/mol. The van der Waals surface area contributed by atoms with Gasteiger partial charge in [0, 0.05) is 43.3 Å². The van der Waals surface area contributed by atoms with Crippen molar-refractivity contribution in [2.75, 3.05) is 19.6 Å². The second kappa shape index (κ2) is 14.8. The Morgan fingerprint density at radius 1 is 0.973 bits per heavy atom. The normalized spacial score (nSPS) is 13.6. The lowest BCUT2D eigenvalue weighted by atomic mass is 10.0. The summed E-state index contributed by atoms with van der Waals surface area (Å²) in [5.41, 5.74) is 8.23. The van der Waals surface area contributed by atoms with E-state index < -0.39 is 29.7 Å². The number of carbonyl (C=O) groups is 2. The van der Waals surface area contributed by atoms with Crippen molar-refractivity contribution in [2.45, 2.75) is 78.5 Å². The molecule has 2 aromatic carbocycles. The Labute approximate surface area is 219 Å². The molecule has 0 fully saturated rings. The van der Waals surface area contributed by atoms with E-state index in [1.165, 1.54) is 12.1 Å². The minimum atomic E-state index is -0.760. The number of ether oxygens (including phenoxy) is 1. The molecule has 0 bridgehead atoms. The SMILES string of the molecule is CCCN(CCC)C(=O)c1cc(C)cc(C(=O)O[C@H](CN[C@H](C)CC)[C@@H](N)Cc2cc(F)cc(F)c2)c1. The molecule has 2 rings (SSSR count). The first-order valence-electron chi connectivity index (χ1n) is 13.1. The van der Waals surface area contributed by atoms with Gasteiger partial charge in [0.25, 0.3) is 5.91 Å². The largest absolute Gasteiger partial charge is 0.456 e. The maximum Gasteiger partial charge on any atom is 0.338 e. The van der Waals surface area contributed by atoms with Crippen LogP contribution in [0.2, 0.25) is 0 Å². The fourth-order valence-electron chi connectivity index (χ4n) is 4.14. The molecule has 8 heteroatoms. The maximum absolute atomic E-state index is 13.7. The summed E-state index contributed by atoms with van der Waals surface area (Å²) in [4.78, 5) is 28.2. The second-order valence-corrected chi connectivity index (χ2v) is 9.69. The van der Waals surface area contributed by atoms with Gasteiger partial charge in [-0.15, -0.1) is 0 Å². The van der Waals surface area contributed by atoms with E-state index in [0.29, 0.717) is 24.2 Å². The number of rotatable bonds is 14. The van der Waals surface area contributed by atoms with E-state index in [9.17, 15) is 18.4 Å². The van der Waals surface area contributed by atoms with E-state index in [-0.39, 0.29) is 30.5 Å². The molecule has 0 aliphatic rings. The van der Waals surface area contributed by atoms with Crippen molar-refractivity contribution in [1.82, 2.24) is 10.2 Å². The van der Waals surface area contributed by atoms with Crippen LogP contribution in [0.25, 0.3) is 0 Å². The number of esters is 1. The Bertz CT molecular complexity index is 1020. The van der Waals surface area contributed by atoms with Gasteiger partial charge >= 0.3 is 5.97 Å². The molecule has 0 unspecified atom stereocenters. The fourth-order valence-corrected chi connectivity index (χ4v) is 4.14. The van der Waals surface area contributed by atoms with E-state index >= 15 is 0 Å². The van der Waals surface area contributed by atoms with Crippen molar-refractivity contribution >= 4 is 11.9 Å². The molecule has 0 radical (unpaired) electrons. The van der Waals surface area contributed by atoms with Gasteiger partial charge in [0.2, 0.25) is 0 Å². The summed E-state index contributed by atoms with van der Waals surface area (Å²) in [6.45, 7) is 11.4. The molecule has 0 saturated heterocycles. The van der Waals surface area contributed by atoms with Gasteiger partial charge in [-0.3, -0.25) is 4.79 Å². The molecule has 37 heavy (non-hydrogen) atoms. The second-order valence-electron chi connectivity index (χ2n) is 9.69. The van der Waals surface area contributed by atoms with Crippen molar-refractivity contribution in [1.29, 1.82) is 0 Å². The molecule has 0 aliphatic heterocycles. The van der Waals surface area contributed by atoms with Crippen molar-refractivity contribution < 1.29 is 23.1 Å². The highest BCUT2D eigenvalue weighted by atomic mass is 19.1. The topological polar surface area (TPSA) is 84.7 Å². The monoisotopic (exact) mass is 517 g/mol. The van der Waals surface area contributed by atoms with Crippen LogP contribution in [0.15, 0.2) is 36.4 Å². The quantitative estimate of drug-likeness (QED) is 0.344. The van der Waals surface area contributed by atoms with Crippen molar-refractivity contribution in [3.63, 3.8) is 0 Å². The van der Waals surface area contributed by atoms with Crippen molar-refractivity contribution in [3.8, 4) is 0 Å². The summed E-state index contributed by atoms with van der Waals surface area (Å²) in [5, 5.41) is 3.30. The number of amides is 1. The Morgan fingerprint density at radius 3 is 2.14 bits per heavy atom. The van der Waals surface area contributed by atoms with Crippen LogP contribution in [0, 0.1) is 18.6 Å². The van der Waals surface area contributed by atoms with Gasteiger partial charge in [-0.1, -0.05) is 20.8 Å². The van der Waals surface area contributed by atoms with E-state index in [0.717, 1.165) is 30.9 Å². The molecular weight excluding hydrogens is 476 g/mol. The summed E-state index contributed by atoms with van der Waals surface area (Å²) in [6, 6.07) is 7.70. The van der Waals surface area contributed by atoms with Gasteiger partial charge in [0.15, 0.2) is 0 Å². The van der Waals surface area contributed by atoms with Crippen LogP contribution >= 0.6 is 0 Å². The zero-order chi connectivity index (χ0) is 27.5. The number of halogens is 2. The van der Waals surface area contributed by atoms with Crippen LogP contribution in [0.3, 0.4) is 0 Å². The molecule has 3 atom stereocenters. The van der Waals surface area contributed by atoms with Crippen LogP contribution in [0.4, 0.5) is 8.78 Å². The standard InChI is InChI=1S/C29H41F2N3O3/c1-6-9-34(10-7-2)28(35)22-11-19(4)12-23(16-22)29(36)37-27(18-33-20(5)8-3)26(32)15-21-13-24(30)17-25(31)14-21/h11-14,16-17,20,26-27,33H,6-10,15,18,32H2,1-5H3/t20-,26+,27-/m1/s1. The molecule has 204 valence electrons. The lowest BCUT2D eigenvalue weighted by Crippen LogP contribution is -2.47. The highest BCUT2D eigenvalue weighted by Crippen LogP contribution is 2.17. The summed E-state index contributed by atoms with van der Waals surface area (Å²) in [6.07, 6.45) is 1.90. The first-order chi connectivity index (χ1) is 17.6. The van der Waals surface area contributed by atoms with Gasteiger partial charge in [0.1, 0.15) is 17.7 Å². The average molecular weight is 518 g/mol. The third-order valence-corrected chi connectivity index (χ3v) is 6.24. The number of hydrogen-bond donors (Lipinski definition) is 2. The van der Waals surface area contributed by atoms with E-state index in [1.807, 2.05) is 34.6 Å². The lowest BCUT2D eigenvalue weighted by molar-refractivity contribution is 0.0232. The first-order valence-corrected chi connectivity index (χ1v) is 13.1. The van der Waals surface area contributed by atoms with Gasteiger partial charge in [-0.25, -0.2) is 13.6 Å².